The highest BCUT2D eigenvalue weighted by molar-refractivity contribution is 6.31. The van der Waals surface area contributed by atoms with E-state index in [9.17, 15) is 0 Å². The molecule has 2 aromatic rings. The Morgan fingerprint density at radius 2 is 2.33 bits per heavy atom. The number of aromatic nitrogens is 3. The molecule has 0 aliphatic rings. The van der Waals surface area contributed by atoms with Crippen molar-refractivity contribution in [3.8, 4) is 0 Å². The quantitative estimate of drug-likeness (QED) is 0.893. The number of pyridine rings is 1. The topological polar surface area (TPSA) is 66.0 Å². The van der Waals surface area contributed by atoms with Crippen molar-refractivity contribution in [2.24, 2.45) is 5.73 Å². The van der Waals surface area contributed by atoms with Gasteiger partial charge in [0, 0.05) is 13.3 Å². The summed E-state index contributed by atoms with van der Waals surface area (Å²) in [5.74, 6) is 0. The summed E-state index contributed by atoms with van der Waals surface area (Å²) in [6.07, 6.45) is 3.30. The minimum absolute atomic E-state index is 0.391. The van der Waals surface area contributed by atoms with Crippen LogP contribution in [-0.4, -0.2) is 28.5 Å². The fourth-order valence-corrected chi connectivity index (χ4v) is 2.00. The van der Waals surface area contributed by atoms with E-state index in [-0.39, 0.29) is 0 Å². The Labute approximate surface area is 111 Å². The van der Waals surface area contributed by atoms with Gasteiger partial charge in [-0.15, -0.1) is 0 Å². The second-order valence-electron chi connectivity index (χ2n) is 3.83. The first-order valence-corrected chi connectivity index (χ1v) is 5.98. The number of nitrogens with zero attached hydrogens (tertiary/aromatic N) is 3. The molecular weight excluding hydrogens is 252 g/mol. The molecule has 0 aromatic carbocycles. The van der Waals surface area contributed by atoms with Gasteiger partial charge in [0.2, 0.25) is 0 Å². The molecule has 0 radical (unpaired) electrons. The van der Waals surface area contributed by atoms with Crippen LogP contribution in [0.1, 0.15) is 17.4 Å². The summed E-state index contributed by atoms with van der Waals surface area (Å²) < 4.78 is 6.79. The number of rotatable bonds is 5. The van der Waals surface area contributed by atoms with E-state index in [4.69, 9.17) is 22.1 Å². The average molecular weight is 267 g/mol. The third-order valence-electron chi connectivity index (χ3n) is 2.64. The summed E-state index contributed by atoms with van der Waals surface area (Å²) in [4.78, 5) is 4.24. The van der Waals surface area contributed by atoms with Crippen LogP contribution in [0.15, 0.2) is 30.6 Å². The highest BCUT2D eigenvalue weighted by Gasteiger charge is 2.19. The Bertz CT molecular complexity index is 500. The molecule has 1 atom stereocenters. The maximum Gasteiger partial charge on any atom is 0.0912 e. The zero-order valence-electron chi connectivity index (χ0n) is 10.1. The first-order valence-electron chi connectivity index (χ1n) is 5.60. The van der Waals surface area contributed by atoms with E-state index in [0.717, 1.165) is 11.4 Å². The monoisotopic (exact) mass is 266 g/mol. The molecule has 0 fully saturated rings. The standard InChI is InChI=1S/C12H15ClN4O/c1-18-7-6-17-12(9(13)8-16-17)11(14)10-4-2-3-5-15-10/h2-5,8,11H,6-7,14H2,1H3. The van der Waals surface area contributed by atoms with Crippen LogP contribution in [0.25, 0.3) is 0 Å². The largest absolute Gasteiger partial charge is 0.383 e. The van der Waals surface area contributed by atoms with Gasteiger partial charge in [0.1, 0.15) is 0 Å². The minimum Gasteiger partial charge on any atom is -0.383 e. The summed E-state index contributed by atoms with van der Waals surface area (Å²) in [5.41, 5.74) is 7.70. The lowest BCUT2D eigenvalue weighted by Gasteiger charge is -2.14. The summed E-state index contributed by atoms with van der Waals surface area (Å²) in [6.45, 7) is 1.17. The van der Waals surface area contributed by atoms with Gasteiger partial charge >= 0.3 is 0 Å². The van der Waals surface area contributed by atoms with Crippen LogP contribution < -0.4 is 5.73 Å². The first kappa shape index (κ1) is 13.0. The van der Waals surface area contributed by atoms with Gasteiger partial charge in [-0.2, -0.15) is 5.10 Å². The van der Waals surface area contributed by atoms with Gasteiger partial charge in [-0.25, -0.2) is 0 Å². The van der Waals surface area contributed by atoms with Crippen molar-refractivity contribution in [3.05, 3.63) is 47.0 Å². The number of ether oxygens (including phenoxy) is 1. The fraction of sp³-hybridized carbons (Fsp3) is 0.333. The third kappa shape index (κ3) is 2.69. The van der Waals surface area contributed by atoms with Crippen LogP contribution in [0, 0.1) is 0 Å². The highest BCUT2D eigenvalue weighted by atomic mass is 35.5. The lowest BCUT2D eigenvalue weighted by Crippen LogP contribution is -2.20. The molecular formula is C12H15ClN4O. The molecule has 0 aliphatic heterocycles. The predicted molar refractivity (Wildman–Crippen MR) is 69.4 cm³/mol. The summed E-state index contributed by atoms with van der Waals surface area (Å²) in [7, 11) is 1.64. The van der Waals surface area contributed by atoms with Crippen LogP contribution in [0.5, 0.6) is 0 Å². The van der Waals surface area contributed by atoms with Crippen LogP contribution >= 0.6 is 11.6 Å². The van der Waals surface area contributed by atoms with E-state index in [1.807, 2.05) is 18.2 Å². The molecule has 96 valence electrons. The van der Waals surface area contributed by atoms with Gasteiger partial charge in [0.15, 0.2) is 0 Å². The molecule has 0 bridgehead atoms. The van der Waals surface area contributed by atoms with Crippen molar-refractivity contribution in [2.75, 3.05) is 13.7 Å². The van der Waals surface area contributed by atoms with Crippen molar-refractivity contribution < 1.29 is 4.74 Å². The van der Waals surface area contributed by atoms with Crippen molar-refractivity contribution in [1.29, 1.82) is 0 Å². The van der Waals surface area contributed by atoms with Gasteiger partial charge < -0.3 is 10.5 Å². The van der Waals surface area contributed by atoms with E-state index in [1.165, 1.54) is 0 Å². The molecule has 18 heavy (non-hydrogen) atoms. The molecule has 0 saturated heterocycles. The first-order chi connectivity index (χ1) is 8.74. The number of methoxy groups -OCH3 is 1. The summed E-state index contributed by atoms with van der Waals surface area (Å²) in [5, 5.41) is 4.74. The van der Waals surface area contributed by atoms with Crippen molar-refractivity contribution in [3.63, 3.8) is 0 Å². The Morgan fingerprint density at radius 1 is 1.50 bits per heavy atom. The van der Waals surface area contributed by atoms with Crippen LogP contribution in [-0.2, 0) is 11.3 Å². The van der Waals surface area contributed by atoms with Crippen LogP contribution in [0.3, 0.4) is 0 Å². The maximum absolute atomic E-state index is 6.19. The van der Waals surface area contributed by atoms with Gasteiger partial charge in [-0.1, -0.05) is 17.7 Å². The second-order valence-corrected chi connectivity index (χ2v) is 4.23. The van der Waals surface area contributed by atoms with Gasteiger partial charge in [-0.05, 0) is 12.1 Å². The average Bonchev–Trinajstić information content (AvgIpc) is 2.77. The number of nitrogens with two attached hydrogens (primary N) is 1. The van der Waals surface area contributed by atoms with E-state index < -0.39 is 6.04 Å². The molecule has 2 heterocycles. The van der Waals surface area contributed by atoms with Crippen molar-refractivity contribution in [1.82, 2.24) is 14.8 Å². The van der Waals surface area contributed by atoms with E-state index in [0.29, 0.717) is 18.2 Å². The Kier molecular flexibility index (Phi) is 4.30. The zero-order valence-corrected chi connectivity index (χ0v) is 10.8. The second kappa shape index (κ2) is 5.95. The lowest BCUT2D eigenvalue weighted by molar-refractivity contribution is 0.182. The summed E-state index contributed by atoms with van der Waals surface area (Å²) in [6, 6.07) is 5.22. The number of halogens is 1. The van der Waals surface area contributed by atoms with E-state index in [1.54, 1.807) is 24.2 Å². The van der Waals surface area contributed by atoms with Crippen molar-refractivity contribution >= 4 is 11.6 Å². The molecule has 5 nitrogen and oxygen atoms in total. The minimum atomic E-state index is -0.391. The molecule has 0 spiro atoms. The van der Waals surface area contributed by atoms with Crippen LogP contribution in [0.2, 0.25) is 5.02 Å². The summed E-state index contributed by atoms with van der Waals surface area (Å²) >= 11 is 6.14. The Balaban J connectivity index is 2.29. The normalized spacial score (nSPS) is 12.6. The SMILES string of the molecule is COCCn1ncc(Cl)c1C(N)c1ccccn1. The van der Waals surface area contributed by atoms with Crippen LogP contribution in [0.4, 0.5) is 0 Å². The third-order valence-corrected chi connectivity index (χ3v) is 2.93. The molecule has 1 unspecified atom stereocenters. The number of hydrogen-bond acceptors (Lipinski definition) is 4. The number of hydrogen-bond donors (Lipinski definition) is 1. The van der Waals surface area contributed by atoms with Gasteiger partial charge in [0.25, 0.3) is 0 Å². The molecule has 6 heteroatoms. The molecule has 0 amide bonds. The molecule has 2 rings (SSSR count). The van der Waals surface area contributed by atoms with Gasteiger partial charge in [0.05, 0.1) is 41.8 Å². The Morgan fingerprint density at radius 3 is 3.00 bits per heavy atom. The molecule has 2 aromatic heterocycles. The lowest BCUT2D eigenvalue weighted by atomic mass is 10.1. The van der Waals surface area contributed by atoms with Gasteiger partial charge in [-0.3, -0.25) is 9.67 Å². The Hall–Kier alpha value is -1.43. The highest BCUT2D eigenvalue weighted by Crippen LogP contribution is 2.25. The van der Waals surface area contributed by atoms with E-state index >= 15 is 0 Å². The van der Waals surface area contributed by atoms with Crippen molar-refractivity contribution in [2.45, 2.75) is 12.6 Å². The molecule has 0 aliphatic carbocycles. The fourth-order valence-electron chi connectivity index (χ4n) is 1.74. The molecule has 2 N–H and O–H groups in total. The van der Waals surface area contributed by atoms with E-state index in [2.05, 4.69) is 10.1 Å². The molecule has 0 saturated carbocycles. The zero-order chi connectivity index (χ0) is 13.0. The maximum atomic E-state index is 6.19. The predicted octanol–water partition coefficient (Wildman–Crippen LogP) is 1.63. The smallest absolute Gasteiger partial charge is 0.0912 e.